The Kier molecular flexibility index (Phi) is 8.52. The molecule has 2 saturated heterocycles. The number of aromatic nitrogens is 2. The average Bonchev–Trinajstić information content (AvgIpc) is 3.37. The highest BCUT2D eigenvalue weighted by Gasteiger charge is 2.42. The van der Waals surface area contributed by atoms with Crippen LogP contribution in [-0.4, -0.2) is 90.0 Å². The van der Waals surface area contributed by atoms with E-state index in [-0.39, 0.29) is 56.1 Å². The molecule has 4 rings (SSSR count). The molecule has 0 spiro atoms. The van der Waals surface area contributed by atoms with Crippen LogP contribution in [0.1, 0.15) is 44.4 Å². The Morgan fingerprint density at radius 3 is 2.47 bits per heavy atom. The summed E-state index contributed by atoms with van der Waals surface area (Å²) in [5.74, 6) is 1.00. The summed E-state index contributed by atoms with van der Waals surface area (Å²) in [7, 11) is 0. The number of nitrogens with zero attached hydrogens (tertiary/aromatic N) is 4. The SMILES string of the molecule is CC(C)c1nnc(CCC(=O)N2CCO[C@](COc3ccc(F)cc3)(CC(=O)N3CCOCC3)C2)o1. The Hall–Kier alpha value is -3.05. The minimum Gasteiger partial charge on any atom is -0.490 e. The van der Waals surface area contributed by atoms with Crippen molar-refractivity contribution in [1.29, 1.82) is 0 Å². The maximum atomic E-state index is 13.3. The maximum absolute atomic E-state index is 13.3. The van der Waals surface area contributed by atoms with E-state index in [1.165, 1.54) is 24.3 Å². The van der Waals surface area contributed by atoms with Crippen LogP contribution in [0.25, 0.3) is 0 Å². The van der Waals surface area contributed by atoms with Crippen LogP contribution in [0.2, 0.25) is 0 Å². The van der Waals surface area contributed by atoms with Gasteiger partial charge < -0.3 is 28.4 Å². The molecule has 196 valence electrons. The lowest BCUT2D eigenvalue weighted by Crippen LogP contribution is -2.58. The smallest absolute Gasteiger partial charge is 0.225 e. The Bertz CT molecular complexity index is 1020. The van der Waals surface area contributed by atoms with Gasteiger partial charge in [-0.15, -0.1) is 10.2 Å². The molecular weight excluding hydrogens is 471 g/mol. The second kappa shape index (κ2) is 11.8. The first kappa shape index (κ1) is 26.0. The lowest BCUT2D eigenvalue weighted by atomic mass is 9.96. The van der Waals surface area contributed by atoms with Gasteiger partial charge in [-0.05, 0) is 24.3 Å². The molecule has 0 bridgehead atoms. The molecule has 36 heavy (non-hydrogen) atoms. The molecule has 0 unspecified atom stereocenters. The van der Waals surface area contributed by atoms with Gasteiger partial charge >= 0.3 is 0 Å². The van der Waals surface area contributed by atoms with Crippen molar-refractivity contribution in [3.05, 3.63) is 41.9 Å². The fourth-order valence-electron chi connectivity index (χ4n) is 4.22. The van der Waals surface area contributed by atoms with E-state index in [0.717, 1.165) is 0 Å². The van der Waals surface area contributed by atoms with Gasteiger partial charge in [-0.1, -0.05) is 13.8 Å². The molecular formula is C25H33FN4O6. The molecule has 0 aliphatic carbocycles. The number of hydrogen-bond acceptors (Lipinski definition) is 8. The number of ether oxygens (including phenoxy) is 3. The molecule has 1 aromatic carbocycles. The van der Waals surface area contributed by atoms with Gasteiger partial charge in [0.25, 0.3) is 0 Å². The highest BCUT2D eigenvalue weighted by molar-refractivity contribution is 5.79. The number of amides is 2. The second-order valence-corrected chi connectivity index (χ2v) is 9.45. The summed E-state index contributed by atoms with van der Waals surface area (Å²) >= 11 is 0. The zero-order valence-corrected chi connectivity index (χ0v) is 20.8. The van der Waals surface area contributed by atoms with E-state index >= 15 is 0 Å². The molecule has 3 heterocycles. The molecule has 2 fully saturated rings. The van der Waals surface area contributed by atoms with E-state index in [9.17, 15) is 14.0 Å². The summed E-state index contributed by atoms with van der Waals surface area (Å²) < 4.78 is 36.3. The fourth-order valence-corrected chi connectivity index (χ4v) is 4.22. The molecule has 2 amide bonds. The van der Waals surface area contributed by atoms with Crippen LogP contribution in [0.15, 0.2) is 28.7 Å². The Morgan fingerprint density at radius 2 is 1.78 bits per heavy atom. The van der Waals surface area contributed by atoms with Crippen molar-refractivity contribution in [3.63, 3.8) is 0 Å². The molecule has 10 nitrogen and oxygen atoms in total. The van der Waals surface area contributed by atoms with Crippen molar-refractivity contribution in [2.45, 2.75) is 44.6 Å². The van der Waals surface area contributed by atoms with Crippen LogP contribution in [-0.2, 0) is 25.5 Å². The van der Waals surface area contributed by atoms with Crippen LogP contribution < -0.4 is 4.74 Å². The number of carbonyl (C=O) groups excluding carboxylic acids is 2. The first-order valence-electron chi connectivity index (χ1n) is 12.3. The van der Waals surface area contributed by atoms with Crippen LogP contribution >= 0.6 is 0 Å². The van der Waals surface area contributed by atoms with Crippen molar-refractivity contribution in [2.24, 2.45) is 0 Å². The minimum absolute atomic E-state index is 0.0416. The van der Waals surface area contributed by atoms with E-state index in [1.807, 2.05) is 13.8 Å². The summed E-state index contributed by atoms with van der Waals surface area (Å²) in [5, 5.41) is 8.04. The van der Waals surface area contributed by atoms with Gasteiger partial charge in [0, 0.05) is 38.4 Å². The van der Waals surface area contributed by atoms with Crippen molar-refractivity contribution in [3.8, 4) is 5.75 Å². The molecule has 1 aromatic heterocycles. The number of carbonyl (C=O) groups is 2. The van der Waals surface area contributed by atoms with Gasteiger partial charge in [0.2, 0.25) is 23.6 Å². The van der Waals surface area contributed by atoms with E-state index < -0.39 is 5.60 Å². The summed E-state index contributed by atoms with van der Waals surface area (Å²) in [6, 6.07) is 5.66. The molecule has 2 aromatic rings. The summed E-state index contributed by atoms with van der Waals surface area (Å²) in [6.07, 6.45) is 0.590. The summed E-state index contributed by atoms with van der Waals surface area (Å²) in [5.41, 5.74) is -1.03. The number of aryl methyl sites for hydroxylation is 1. The van der Waals surface area contributed by atoms with Crippen LogP contribution in [0.4, 0.5) is 4.39 Å². The van der Waals surface area contributed by atoms with E-state index in [0.29, 0.717) is 56.8 Å². The van der Waals surface area contributed by atoms with Crippen molar-refractivity contribution < 1.29 is 32.6 Å². The third-order valence-corrected chi connectivity index (χ3v) is 6.28. The van der Waals surface area contributed by atoms with Crippen molar-refractivity contribution >= 4 is 11.8 Å². The van der Waals surface area contributed by atoms with Crippen molar-refractivity contribution in [1.82, 2.24) is 20.0 Å². The van der Waals surface area contributed by atoms with Crippen LogP contribution in [0.5, 0.6) is 5.75 Å². The number of morpholine rings is 2. The second-order valence-electron chi connectivity index (χ2n) is 9.45. The van der Waals surface area contributed by atoms with Crippen LogP contribution in [0, 0.1) is 5.82 Å². The zero-order valence-electron chi connectivity index (χ0n) is 20.8. The number of halogens is 1. The number of hydrogen-bond donors (Lipinski definition) is 0. The van der Waals surface area contributed by atoms with Gasteiger partial charge in [-0.25, -0.2) is 4.39 Å². The summed E-state index contributed by atoms with van der Waals surface area (Å²) in [6.45, 7) is 6.85. The first-order valence-corrected chi connectivity index (χ1v) is 12.3. The molecule has 0 N–H and O–H groups in total. The lowest BCUT2D eigenvalue weighted by Gasteiger charge is -2.43. The van der Waals surface area contributed by atoms with Gasteiger partial charge in [0.05, 0.1) is 32.8 Å². The Balaban J connectivity index is 1.43. The molecule has 2 aliphatic rings. The fraction of sp³-hybridized carbons (Fsp3) is 0.600. The zero-order chi connectivity index (χ0) is 25.5. The van der Waals surface area contributed by atoms with Gasteiger partial charge in [0.1, 0.15) is 23.8 Å². The van der Waals surface area contributed by atoms with Gasteiger partial charge in [-0.2, -0.15) is 0 Å². The summed E-state index contributed by atoms with van der Waals surface area (Å²) in [4.78, 5) is 29.7. The molecule has 0 saturated carbocycles. The standard InChI is InChI=1S/C25H33FN4O6/c1-18(2)24-28-27-21(36-24)7-8-22(31)30-11-14-35-25(16-30,15-23(32)29-9-12-33-13-10-29)17-34-20-5-3-19(26)4-6-20/h3-6,18H,7-17H2,1-2H3/t25-/m1/s1. The highest BCUT2D eigenvalue weighted by atomic mass is 19.1. The Morgan fingerprint density at radius 1 is 1.06 bits per heavy atom. The number of benzene rings is 1. The van der Waals surface area contributed by atoms with Crippen molar-refractivity contribution in [2.75, 3.05) is 52.6 Å². The predicted molar refractivity (Wildman–Crippen MR) is 126 cm³/mol. The lowest BCUT2D eigenvalue weighted by molar-refractivity contribution is -0.167. The average molecular weight is 505 g/mol. The van der Waals surface area contributed by atoms with Crippen LogP contribution in [0.3, 0.4) is 0 Å². The normalized spacial score (nSPS) is 20.6. The van der Waals surface area contributed by atoms with E-state index in [4.69, 9.17) is 18.6 Å². The largest absolute Gasteiger partial charge is 0.490 e. The molecule has 2 aliphatic heterocycles. The van der Waals surface area contributed by atoms with Gasteiger partial charge in [-0.3, -0.25) is 9.59 Å². The van der Waals surface area contributed by atoms with Gasteiger partial charge in [0.15, 0.2) is 0 Å². The quantitative estimate of drug-likeness (QED) is 0.512. The Labute approximate surface area is 209 Å². The topological polar surface area (TPSA) is 107 Å². The minimum atomic E-state index is -1.03. The highest BCUT2D eigenvalue weighted by Crippen LogP contribution is 2.26. The maximum Gasteiger partial charge on any atom is 0.225 e. The third kappa shape index (κ3) is 6.79. The predicted octanol–water partition coefficient (Wildman–Crippen LogP) is 2.19. The number of rotatable bonds is 9. The molecule has 11 heteroatoms. The third-order valence-electron chi connectivity index (χ3n) is 6.28. The first-order chi connectivity index (χ1) is 17.3. The van der Waals surface area contributed by atoms with E-state index in [1.54, 1.807) is 9.80 Å². The monoisotopic (exact) mass is 504 g/mol. The molecule has 1 atom stereocenters. The molecule has 0 radical (unpaired) electrons. The van der Waals surface area contributed by atoms with E-state index in [2.05, 4.69) is 10.2 Å².